The number of aromatic nitrogens is 3. The van der Waals surface area contributed by atoms with Gasteiger partial charge in [-0.25, -0.2) is 9.88 Å². The molecule has 1 amide bonds. The topological polar surface area (TPSA) is 85.5 Å². The quantitative estimate of drug-likeness (QED) is 0.409. The van der Waals surface area contributed by atoms with Crippen molar-refractivity contribution in [3.8, 4) is 22.9 Å². The van der Waals surface area contributed by atoms with Crippen LogP contribution >= 0.6 is 11.8 Å². The summed E-state index contributed by atoms with van der Waals surface area (Å²) in [5, 5.41) is 18.1. The Labute approximate surface area is 197 Å². The van der Waals surface area contributed by atoms with Gasteiger partial charge in [-0.2, -0.15) is 0 Å². The molecule has 4 rings (SSSR count). The van der Waals surface area contributed by atoms with Gasteiger partial charge in [0, 0.05) is 36.9 Å². The number of amides is 1. The monoisotopic (exact) mass is 465 g/mol. The van der Waals surface area contributed by atoms with Crippen LogP contribution in [-0.4, -0.2) is 42.4 Å². The van der Waals surface area contributed by atoms with Crippen LogP contribution in [0.5, 0.6) is 11.6 Å². The zero-order valence-electron chi connectivity index (χ0n) is 19.4. The first-order valence-corrected chi connectivity index (χ1v) is 12.0. The zero-order valence-corrected chi connectivity index (χ0v) is 20.2. The highest BCUT2D eigenvalue weighted by atomic mass is 32.2. The number of hydrogen-bond acceptors (Lipinski definition) is 7. The van der Waals surface area contributed by atoms with E-state index in [2.05, 4.69) is 28.8 Å². The summed E-state index contributed by atoms with van der Waals surface area (Å²) in [4.78, 5) is 21.0. The predicted molar refractivity (Wildman–Crippen MR) is 127 cm³/mol. The second kappa shape index (κ2) is 9.27. The van der Waals surface area contributed by atoms with E-state index in [1.165, 1.54) is 18.7 Å². The first kappa shape index (κ1) is 22.8. The number of thioether (sulfide) groups is 1. The van der Waals surface area contributed by atoms with Crippen molar-refractivity contribution >= 4 is 29.0 Å². The maximum atomic E-state index is 13.1. The largest absolute Gasteiger partial charge is 0.854 e. The smallest absolute Gasteiger partial charge is 0.296 e. The van der Waals surface area contributed by atoms with E-state index < -0.39 is 6.17 Å². The minimum atomic E-state index is -0.699. The lowest BCUT2D eigenvalue weighted by Gasteiger charge is -2.33. The molecule has 0 saturated carbocycles. The number of para-hydroxylation sites is 1. The third-order valence-electron chi connectivity index (χ3n) is 5.86. The van der Waals surface area contributed by atoms with Crippen molar-refractivity contribution in [3.05, 3.63) is 48.0 Å². The number of hydrogen-bond donors (Lipinski definition) is 0. The van der Waals surface area contributed by atoms with E-state index >= 15 is 0 Å². The fourth-order valence-corrected chi connectivity index (χ4v) is 4.68. The highest BCUT2D eigenvalue weighted by Crippen LogP contribution is 2.43. The van der Waals surface area contributed by atoms with E-state index in [-0.39, 0.29) is 11.8 Å². The van der Waals surface area contributed by atoms with Gasteiger partial charge in [0.2, 0.25) is 5.91 Å². The molecule has 0 bridgehead atoms. The molecule has 172 valence electrons. The molecule has 2 aromatic carbocycles. The molecule has 1 aromatic heterocycles. The van der Waals surface area contributed by atoms with Crippen LogP contribution in [-0.2, 0) is 4.79 Å². The average Bonchev–Trinajstić information content (AvgIpc) is 2.83. The molecule has 1 aliphatic rings. The van der Waals surface area contributed by atoms with E-state index in [1.807, 2.05) is 48.7 Å². The number of benzene rings is 2. The van der Waals surface area contributed by atoms with E-state index in [4.69, 9.17) is 4.74 Å². The summed E-state index contributed by atoms with van der Waals surface area (Å²) in [5.74, 6) is 0.0659. The van der Waals surface area contributed by atoms with E-state index in [0.717, 1.165) is 24.3 Å². The third-order valence-corrected chi connectivity index (χ3v) is 6.40. The molecule has 9 heteroatoms. The standard InChI is InChI=1S/C24H27N5O3S/c1-6-27(7-2)16-12-13-18(20(14-16)32-4)23-28(15(3)30)19-11-9-8-10-17(19)21-22(31)25-24(33-5)26-29(21)23/h8-14,23H,6-7H2,1-5H3. The molecule has 2 heterocycles. The summed E-state index contributed by atoms with van der Waals surface area (Å²) in [5.41, 5.74) is 3.37. The number of ether oxygens (including phenoxy) is 1. The van der Waals surface area contributed by atoms with Crippen LogP contribution in [0, 0.1) is 0 Å². The lowest BCUT2D eigenvalue weighted by atomic mass is 10.0. The van der Waals surface area contributed by atoms with Gasteiger partial charge in [-0.1, -0.05) is 28.6 Å². The van der Waals surface area contributed by atoms with Crippen LogP contribution in [0.2, 0.25) is 0 Å². The first-order valence-electron chi connectivity index (χ1n) is 10.8. The van der Waals surface area contributed by atoms with Gasteiger partial charge < -0.3 is 14.7 Å². The number of carbonyl (C=O) groups is 1. The third kappa shape index (κ3) is 3.86. The van der Waals surface area contributed by atoms with Crippen molar-refractivity contribution in [2.45, 2.75) is 32.1 Å². The number of fused-ring (bicyclic) bond motifs is 3. The van der Waals surface area contributed by atoms with Crippen LogP contribution in [0.4, 0.5) is 11.4 Å². The van der Waals surface area contributed by atoms with Crippen molar-refractivity contribution in [1.82, 2.24) is 10.1 Å². The Morgan fingerprint density at radius 2 is 1.97 bits per heavy atom. The van der Waals surface area contributed by atoms with Crippen molar-refractivity contribution in [2.24, 2.45) is 0 Å². The molecular formula is C24H27N5O3S. The Hall–Kier alpha value is -3.33. The van der Waals surface area contributed by atoms with Gasteiger partial charge in [0.15, 0.2) is 0 Å². The number of carbonyl (C=O) groups excluding carboxylic acids is 1. The van der Waals surface area contributed by atoms with E-state index in [0.29, 0.717) is 27.9 Å². The van der Waals surface area contributed by atoms with Gasteiger partial charge in [0.05, 0.1) is 29.8 Å². The molecule has 3 aromatic rings. The fraction of sp³-hybridized carbons (Fsp3) is 0.333. The molecule has 33 heavy (non-hydrogen) atoms. The van der Waals surface area contributed by atoms with Crippen LogP contribution in [0.1, 0.15) is 32.5 Å². The second-order valence-electron chi connectivity index (χ2n) is 7.58. The van der Waals surface area contributed by atoms with Gasteiger partial charge >= 0.3 is 0 Å². The van der Waals surface area contributed by atoms with Crippen LogP contribution in [0.15, 0.2) is 47.6 Å². The van der Waals surface area contributed by atoms with Crippen molar-refractivity contribution in [1.29, 1.82) is 0 Å². The summed E-state index contributed by atoms with van der Waals surface area (Å²) < 4.78 is 7.40. The summed E-state index contributed by atoms with van der Waals surface area (Å²) in [6.45, 7) is 7.43. The Balaban J connectivity index is 2.02. The average molecular weight is 466 g/mol. The van der Waals surface area contributed by atoms with Crippen LogP contribution in [0.3, 0.4) is 0 Å². The molecule has 0 fully saturated rings. The normalized spacial score (nSPS) is 14.5. The number of rotatable bonds is 6. The summed E-state index contributed by atoms with van der Waals surface area (Å²) in [6, 6.07) is 13.3. The molecule has 1 atom stereocenters. The number of nitrogens with zero attached hydrogens (tertiary/aromatic N) is 5. The predicted octanol–water partition coefficient (Wildman–Crippen LogP) is 2.99. The highest BCUT2D eigenvalue weighted by molar-refractivity contribution is 7.98. The molecule has 1 aliphatic heterocycles. The van der Waals surface area contributed by atoms with E-state index in [9.17, 15) is 9.90 Å². The number of anilines is 2. The summed E-state index contributed by atoms with van der Waals surface area (Å²) >= 11 is 1.28. The molecule has 0 radical (unpaired) electrons. The van der Waals surface area contributed by atoms with Gasteiger partial charge in [0.1, 0.15) is 5.75 Å². The lowest BCUT2D eigenvalue weighted by molar-refractivity contribution is -0.764. The second-order valence-corrected chi connectivity index (χ2v) is 8.35. The lowest BCUT2D eigenvalue weighted by Crippen LogP contribution is -2.58. The Morgan fingerprint density at radius 1 is 1.24 bits per heavy atom. The van der Waals surface area contributed by atoms with Crippen LogP contribution < -0.4 is 24.3 Å². The van der Waals surface area contributed by atoms with Crippen molar-refractivity contribution in [2.75, 3.05) is 36.3 Å². The minimum Gasteiger partial charge on any atom is -0.854 e. The van der Waals surface area contributed by atoms with Gasteiger partial charge in [-0.3, -0.25) is 4.79 Å². The molecule has 1 unspecified atom stereocenters. The zero-order chi connectivity index (χ0) is 23.7. The Kier molecular flexibility index (Phi) is 6.42. The van der Waals surface area contributed by atoms with Crippen LogP contribution in [0.25, 0.3) is 11.3 Å². The highest BCUT2D eigenvalue weighted by Gasteiger charge is 2.45. The van der Waals surface area contributed by atoms with Gasteiger partial charge in [-0.15, -0.1) is 0 Å². The molecular weight excluding hydrogens is 438 g/mol. The first-order chi connectivity index (χ1) is 15.9. The Bertz CT molecular complexity index is 1200. The summed E-state index contributed by atoms with van der Waals surface area (Å²) in [6.07, 6.45) is 1.12. The molecule has 0 saturated heterocycles. The fourth-order valence-electron chi connectivity index (χ4n) is 4.34. The molecule has 0 spiro atoms. The number of methoxy groups -OCH3 is 1. The van der Waals surface area contributed by atoms with Gasteiger partial charge in [-0.05, 0) is 44.4 Å². The van der Waals surface area contributed by atoms with E-state index in [1.54, 1.807) is 16.7 Å². The SMILES string of the molecule is CCN(CC)c1ccc(C2N(C(C)=O)c3ccccc3-c3c([O-])nc(SC)n[n+]32)c(OC)c1. The maximum absolute atomic E-state index is 13.1. The minimum absolute atomic E-state index is 0.169. The molecule has 0 aliphatic carbocycles. The summed E-state index contributed by atoms with van der Waals surface area (Å²) in [7, 11) is 1.61. The Morgan fingerprint density at radius 3 is 2.61 bits per heavy atom. The maximum Gasteiger partial charge on any atom is 0.296 e. The van der Waals surface area contributed by atoms with Crippen molar-refractivity contribution in [3.63, 3.8) is 0 Å². The molecule has 0 N–H and O–H groups in total. The van der Waals surface area contributed by atoms with Gasteiger partial charge in [0.25, 0.3) is 17.0 Å². The molecule has 8 nitrogen and oxygen atoms in total. The van der Waals surface area contributed by atoms with Crippen molar-refractivity contribution < 1.29 is 19.3 Å².